The molecule has 0 bridgehead atoms. The number of benzene rings is 1. The van der Waals surface area contributed by atoms with E-state index >= 15 is 0 Å². The lowest BCUT2D eigenvalue weighted by Crippen LogP contribution is -2.30. The molecule has 1 aromatic carbocycles. The maximum atomic E-state index is 11.9. The van der Waals surface area contributed by atoms with E-state index in [9.17, 15) is 4.79 Å². The van der Waals surface area contributed by atoms with E-state index in [1.165, 1.54) is 18.4 Å². The Bertz CT molecular complexity index is 618. The van der Waals surface area contributed by atoms with E-state index in [0.29, 0.717) is 0 Å². The minimum absolute atomic E-state index is 0.00534. The van der Waals surface area contributed by atoms with Crippen LogP contribution in [0.4, 0.5) is 0 Å². The number of nitrogens with zero attached hydrogens (tertiary/aromatic N) is 2. The topological polar surface area (TPSA) is 39.0 Å². The second-order valence-corrected chi connectivity index (χ2v) is 5.64. The van der Waals surface area contributed by atoms with Gasteiger partial charge in [0.2, 0.25) is 0 Å². The molecule has 0 radical (unpaired) electrons. The van der Waals surface area contributed by atoms with Crippen LogP contribution in [0.1, 0.15) is 18.4 Å². The van der Waals surface area contributed by atoms with Gasteiger partial charge in [-0.05, 0) is 56.0 Å². The highest BCUT2D eigenvalue weighted by Gasteiger charge is 2.13. The Morgan fingerprint density at radius 1 is 1.25 bits per heavy atom. The third kappa shape index (κ3) is 2.70. The minimum atomic E-state index is -0.00534. The van der Waals surface area contributed by atoms with E-state index in [1.807, 2.05) is 18.3 Å². The molecule has 3 rings (SSSR count). The number of rotatable bonds is 3. The Morgan fingerprint density at radius 3 is 2.65 bits per heavy atom. The van der Waals surface area contributed by atoms with Gasteiger partial charge in [0.15, 0.2) is 0 Å². The van der Waals surface area contributed by atoms with E-state index in [-0.39, 0.29) is 5.69 Å². The normalized spacial score (nSPS) is 19.1. The SMILES string of the molecule is Cn1ccn(-c2ccc(CC3CCCNC3)cc2)c1=O. The number of hydrogen-bond donors (Lipinski definition) is 1. The number of hydrogen-bond acceptors (Lipinski definition) is 2. The van der Waals surface area contributed by atoms with Gasteiger partial charge in [0.05, 0.1) is 5.69 Å². The summed E-state index contributed by atoms with van der Waals surface area (Å²) in [4.78, 5) is 11.9. The highest BCUT2D eigenvalue weighted by molar-refractivity contribution is 5.34. The molecule has 106 valence electrons. The largest absolute Gasteiger partial charge is 0.332 e. The van der Waals surface area contributed by atoms with Crippen molar-refractivity contribution in [3.8, 4) is 5.69 Å². The summed E-state index contributed by atoms with van der Waals surface area (Å²) in [5.74, 6) is 0.744. The molecule has 1 fully saturated rings. The van der Waals surface area contributed by atoms with Crippen LogP contribution in [-0.4, -0.2) is 22.2 Å². The number of imidazole rings is 1. The third-order valence-electron chi connectivity index (χ3n) is 4.08. The number of aryl methyl sites for hydroxylation is 1. The first-order valence-corrected chi connectivity index (χ1v) is 7.28. The predicted octanol–water partition coefficient (Wildman–Crippen LogP) is 1.72. The average molecular weight is 271 g/mol. The van der Waals surface area contributed by atoms with Gasteiger partial charge in [-0.15, -0.1) is 0 Å². The van der Waals surface area contributed by atoms with Crippen LogP contribution < -0.4 is 11.0 Å². The smallest absolute Gasteiger partial charge is 0.316 e. The van der Waals surface area contributed by atoms with Crippen molar-refractivity contribution in [1.29, 1.82) is 0 Å². The van der Waals surface area contributed by atoms with Crippen molar-refractivity contribution in [2.45, 2.75) is 19.3 Å². The van der Waals surface area contributed by atoms with Gasteiger partial charge in [0.1, 0.15) is 0 Å². The van der Waals surface area contributed by atoms with Crippen LogP contribution in [0.5, 0.6) is 0 Å². The molecule has 2 aromatic rings. The average Bonchev–Trinajstić information content (AvgIpc) is 2.81. The van der Waals surface area contributed by atoms with Crippen molar-refractivity contribution in [2.75, 3.05) is 13.1 Å². The van der Waals surface area contributed by atoms with Gasteiger partial charge in [0.25, 0.3) is 0 Å². The Hall–Kier alpha value is -1.81. The molecule has 2 heterocycles. The first kappa shape index (κ1) is 13.2. The molecule has 0 spiro atoms. The predicted molar refractivity (Wildman–Crippen MR) is 80.3 cm³/mol. The van der Waals surface area contributed by atoms with E-state index in [0.717, 1.165) is 31.1 Å². The molecule has 1 aromatic heterocycles. The monoisotopic (exact) mass is 271 g/mol. The van der Waals surface area contributed by atoms with Gasteiger partial charge in [-0.25, -0.2) is 4.79 Å². The molecule has 0 aliphatic carbocycles. The third-order valence-corrected chi connectivity index (χ3v) is 4.08. The summed E-state index contributed by atoms with van der Waals surface area (Å²) in [6.07, 6.45) is 7.30. The lowest BCUT2D eigenvalue weighted by Gasteiger charge is -2.22. The number of aromatic nitrogens is 2. The summed E-state index contributed by atoms with van der Waals surface area (Å²) in [5.41, 5.74) is 2.28. The van der Waals surface area contributed by atoms with Crippen molar-refractivity contribution in [2.24, 2.45) is 13.0 Å². The van der Waals surface area contributed by atoms with Crippen LogP contribution >= 0.6 is 0 Å². The van der Waals surface area contributed by atoms with Gasteiger partial charge in [-0.3, -0.25) is 4.57 Å². The molecule has 20 heavy (non-hydrogen) atoms. The molecule has 1 N–H and O–H groups in total. The first-order chi connectivity index (χ1) is 9.74. The Kier molecular flexibility index (Phi) is 3.74. The lowest BCUT2D eigenvalue weighted by molar-refractivity contribution is 0.376. The summed E-state index contributed by atoms with van der Waals surface area (Å²) in [6, 6.07) is 8.35. The van der Waals surface area contributed by atoms with Gasteiger partial charge < -0.3 is 9.88 Å². The fourth-order valence-corrected chi connectivity index (χ4v) is 2.88. The highest BCUT2D eigenvalue weighted by atomic mass is 16.1. The van der Waals surface area contributed by atoms with Crippen molar-refractivity contribution in [3.05, 3.63) is 52.7 Å². The Morgan fingerprint density at radius 2 is 2.05 bits per heavy atom. The Balaban J connectivity index is 1.74. The van der Waals surface area contributed by atoms with E-state index < -0.39 is 0 Å². The molecular weight excluding hydrogens is 250 g/mol. The zero-order valence-electron chi connectivity index (χ0n) is 11.9. The van der Waals surface area contributed by atoms with Crippen LogP contribution in [0, 0.1) is 5.92 Å². The van der Waals surface area contributed by atoms with Crippen molar-refractivity contribution in [1.82, 2.24) is 14.5 Å². The van der Waals surface area contributed by atoms with Crippen molar-refractivity contribution < 1.29 is 0 Å². The first-order valence-electron chi connectivity index (χ1n) is 7.28. The van der Waals surface area contributed by atoms with Crippen LogP contribution in [0.2, 0.25) is 0 Å². The van der Waals surface area contributed by atoms with Crippen molar-refractivity contribution in [3.63, 3.8) is 0 Å². The molecule has 4 heteroatoms. The standard InChI is InChI=1S/C16H21N3O/c1-18-9-10-19(16(18)20)15-6-4-13(5-7-15)11-14-3-2-8-17-12-14/h4-7,9-10,14,17H,2-3,8,11-12H2,1H3. The molecule has 1 aliphatic heterocycles. The number of piperidine rings is 1. The zero-order chi connectivity index (χ0) is 13.9. The van der Waals surface area contributed by atoms with Gasteiger partial charge >= 0.3 is 5.69 Å². The molecule has 4 nitrogen and oxygen atoms in total. The molecule has 1 aliphatic rings. The van der Waals surface area contributed by atoms with E-state index in [1.54, 1.807) is 22.4 Å². The van der Waals surface area contributed by atoms with Gasteiger partial charge in [-0.2, -0.15) is 0 Å². The maximum Gasteiger partial charge on any atom is 0.332 e. The zero-order valence-corrected chi connectivity index (χ0v) is 11.9. The van der Waals surface area contributed by atoms with Crippen LogP contribution in [0.25, 0.3) is 5.69 Å². The van der Waals surface area contributed by atoms with Crippen LogP contribution in [0.15, 0.2) is 41.5 Å². The summed E-state index contributed by atoms with van der Waals surface area (Å²) in [5, 5.41) is 3.45. The fourth-order valence-electron chi connectivity index (χ4n) is 2.88. The Labute approximate surface area is 119 Å². The molecule has 0 saturated carbocycles. The van der Waals surface area contributed by atoms with Crippen LogP contribution in [0.3, 0.4) is 0 Å². The molecule has 0 amide bonds. The molecule has 1 atom stereocenters. The van der Waals surface area contributed by atoms with E-state index in [2.05, 4.69) is 17.4 Å². The van der Waals surface area contributed by atoms with E-state index in [4.69, 9.17) is 0 Å². The van der Waals surface area contributed by atoms with Gasteiger partial charge in [-0.1, -0.05) is 12.1 Å². The lowest BCUT2D eigenvalue weighted by atomic mass is 9.92. The quantitative estimate of drug-likeness (QED) is 0.923. The number of nitrogens with one attached hydrogen (secondary N) is 1. The second kappa shape index (κ2) is 5.67. The highest BCUT2D eigenvalue weighted by Crippen LogP contribution is 2.17. The summed E-state index contributed by atoms with van der Waals surface area (Å²) in [7, 11) is 1.77. The molecule has 1 unspecified atom stereocenters. The van der Waals surface area contributed by atoms with Crippen molar-refractivity contribution >= 4 is 0 Å². The van der Waals surface area contributed by atoms with Crippen LogP contribution in [-0.2, 0) is 13.5 Å². The summed E-state index contributed by atoms with van der Waals surface area (Å²) < 4.78 is 3.26. The fraction of sp³-hybridized carbons (Fsp3) is 0.438. The maximum absolute atomic E-state index is 11.9. The summed E-state index contributed by atoms with van der Waals surface area (Å²) >= 11 is 0. The molecule has 1 saturated heterocycles. The minimum Gasteiger partial charge on any atom is -0.316 e. The second-order valence-electron chi connectivity index (χ2n) is 5.64. The summed E-state index contributed by atoms with van der Waals surface area (Å²) in [6.45, 7) is 2.28. The molecular formula is C16H21N3O. The van der Waals surface area contributed by atoms with Gasteiger partial charge in [0, 0.05) is 19.4 Å².